The molecule has 0 saturated carbocycles. The number of hydrogen-bond donors (Lipinski definition) is 4. The zero-order valence-electron chi connectivity index (χ0n) is 11.2. The van der Waals surface area contributed by atoms with Gasteiger partial charge in [-0.1, -0.05) is 12.1 Å². The number of aliphatic hydroxyl groups excluding tert-OH is 1. The summed E-state index contributed by atoms with van der Waals surface area (Å²) in [4.78, 5) is 15.1. The number of para-hydroxylation sites is 1. The molecule has 1 aromatic carbocycles. The fraction of sp³-hybridized carbons (Fsp3) is 0.133. The van der Waals surface area contributed by atoms with Crippen LogP contribution in [0.5, 0.6) is 0 Å². The molecule has 3 aromatic rings. The van der Waals surface area contributed by atoms with Gasteiger partial charge in [-0.3, -0.25) is 4.79 Å². The number of hydrogen-bond acceptors (Lipinski definition) is 4. The van der Waals surface area contributed by atoms with Crippen molar-refractivity contribution in [1.29, 1.82) is 0 Å². The van der Waals surface area contributed by atoms with E-state index in [4.69, 9.17) is 5.73 Å². The lowest BCUT2D eigenvalue weighted by molar-refractivity contribution is 0.0912. The van der Waals surface area contributed by atoms with E-state index in [2.05, 4.69) is 10.3 Å². The molecule has 0 aliphatic rings. The number of amides is 1. The van der Waals surface area contributed by atoms with Crippen LogP contribution in [0, 0.1) is 0 Å². The first-order chi connectivity index (χ1) is 10.1. The Morgan fingerprint density at radius 2 is 2.29 bits per heavy atom. The first-order valence-electron chi connectivity index (χ1n) is 6.50. The number of benzene rings is 1. The first-order valence-corrected chi connectivity index (χ1v) is 7.45. The van der Waals surface area contributed by atoms with E-state index in [1.165, 1.54) is 11.3 Å². The molecule has 0 spiro atoms. The zero-order chi connectivity index (χ0) is 14.8. The first kappa shape index (κ1) is 13.7. The van der Waals surface area contributed by atoms with Crippen LogP contribution in [0.4, 0.5) is 5.69 Å². The fourth-order valence-corrected chi connectivity index (χ4v) is 2.88. The molecule has 1 atom stereocenters. The maximum atomic E-state index is 12.1. The van der Waals surface area contributed by atoms with Gasteiger partial charge >= 0.3 is 0 Å². The van der Waals surface area contributed by atoms with Crippen LogP contribution in [0.3, 0.4) is 0 Å². The van der Waals surface area contributed by atoms with E-state index in [9.17, 15) is 9.90 Å². The van der Waals surface area contributed by atoms with Crippen LogP contribution in [0.15, 0.2) is 41.1 Å². The summed E-state index contributed by atoms with van der Waals surface area (Å²) in [5.41, 5.74) is 8.44. The van der Waals surface area contributed by atoms with E-state index in [0.29, 0.717) is 11.4 Å². The minimum atomic E-state index is -0.699. The van der Waals surface area contributed by atoms with E-state index in [0.717, 1.165) is 16.5 Å². The van der Waals surface area contributed by atoms with Crippen molar-refractivity contribution >= 4 is 33.8 Å². The predicted octanol–water partition coefficient (Wildman–Crippen LogP) is 2.27. The summed E-state index contributed by atoms with van der Waals surface area (Å²) in [6, 6.07) is 9.09. The van der Waals surface area contributed by atoms with Gasteiger partial charge in [0.2, 0.25) is 0 Å². The SMILES string of the molecule is Nc1cccc2cc(C(=O)NCC(O)c3ccsc3)[nH]c12. The standard InChI is InChI=1S/C15H15N3O2S/c16-11-3-1-2-9-6-12(18-14(9)11)15(20)17-7-13(19)10-4-5-21-8-10/h1-6,8,13,18-19H,7,16H2,(H,17,20). The van der Waals surface area contributed by atoms with Gasteiger partial charge in [-0.15, -0.1) is 0 Å². The molecule has 0 aliphatic carbocycles. The van der Waals surface area contributed by atoms with Crippen LogP contribution >= 0.6 is 11.3 Å². The molecule has 5 nitrogen and oxygen atoms in total. The van der Waals surface area contributed by atoms with E-state index in [1.807, 2.05) is 29.0 Å². The van der Waals surface area contributed by atoms with Crippen LogP contribution < -0.4 is 11.1 Å². The fourth-order valence-electron chi connectivity index (χ4n) is 2.17. The third-order valence-electron chi connectivity index (χ3n) is 3.32. The van der Waals surface area contributed by atoms with Crippen LogP contribution in [0.2, 0.25) is 0 Å². The van der Waals surface area contributed by atoms with Crippen molar-refractivity contribution < 1.29 is 9.90 Å². The average Bonchev–Trinajstić information content (AvgIpc) is 3.13. The molecular weight excluding hydrogens is 286 g/mol. The Balaban J connectivity index is 1.71. The second-order valence-corrected chi connectivity index (χ2v) is 5.56. The Labute approximate surface area is 125 Å². The lowest BCUT2D eigenvalue weighted by Gasteiger charge is -2.09. The number of nitrogens with one attached hydrogen (secondary N) is 2. The number of rotatable bonds is 4. The molecule has 3 rings (SSSR count). The largest absolute Gasteiger partial charge is 0.397 e. The number of nitrogen functional groups attached to an aromatic ring is 1. The third kappa shape index (κ3) is 2.76. The number of fused-ring (bicyclic) bond motifs is 1. The lowest BCUT2D eigenvalue weighted by atomic mass is 10.2. The number of anilines is 1. The maximum Gasteiger partial charge on any atom is 0.267 e. The average molecular weight is 301 g/mol. The Hall–Kier alpha value is -2.31. The highest BCUT2D eigenvalue weighted by Crippen LogP contribution is 2.21. The van der Waals surface area contributed by atoms with Crippen LogP contribution in [-0.4, -0.2) is 22.5 Å². The Kier molecular flexibility index (Phi) is 3.64. The number of H-pyrrole nitrogens is 1. The Morgan fingerprint density at radius 1 is 1.43 bits per heavy atom. The molecule has 0 aliphatic heterocycles. The number of aromatic nitrogens is 1. The molecule has 6 heteroatoms. The minimum Gasteiger partial charge on any atom is -0.397 e. The van der Waals surface area contributed by atoms with Crippen molar-refractivity contribution in [3.8, 4) is 0 Å². The molecule has 0 saturated heterocycles. The molecule has 0 bridgehead atoms. The highest BCUT2D eigenvalue weighted by atomic mass is 32.1. The van der Waals surface area contributed by atoms with Gasteiger partial charge < -0.3 is 21.1 Å². The molecule has 2 heterocycles. The predicted molar refractivity (Wildman–Crippen MR) is 84.3 cm³/mol. The van der Waals surface area contributed by atoms with Gasteiger partial charge in [0.1, 0.15) is 5.69 Å². The van der Waals surface area contributed by atoms with E-state index >= 15 is 0 Å². The second-order valence-electron chi connectivity index (χ2n) is 4.78. The van der Waals surface area contributed by atoms with E-state index in [-0.39, 0.29) is 12.5 Å². The van der Waals surface area contributed by atoms with Gasteiger partial charge in [-0.25, -0.2) is 0 Å². The molecule has 0 fully saturated rings. The summed E-state index contributed by atoms with van der Waals surface area (Å²) >= 11 is 1.51. The minimum absolute atomic E-state index is 0.167. The summed E-state index contributed by atoms with van der Waals surface area (Å²) in [7, 11) is 0. The smallest absolute Gasteiger partial charge is 0.267 e. The van der Waals surface area contributed by atoms with Crippen molar-refractivity contribution in [3.63, 3.8) is 0 Å². The van der Waals surface area contributed by atoms with Crippen LogP contribution in [0.1, 0.15) is 22.2 Å². The topological polar surface area (TPSA) is 91.1 Å². The van der Waals surface area contributed by atoms with Crippen LogP contribution in [0.25, 0.3) is 10.9 Å². The number of aliphatic hydroxyl groups is 1. The summed E-state index contributed by atoms with van der Waals surface area (Å²) in [6.45, 7) is 0.167. The Morgan fingerprint density at radius 3 is 3.00 bits per heavy atom. The monoisotopic (exact) mass is 301 g/mol. The molecule has 0 radical (unpaired) electrons. The van der Waals surface area contributed by atoms with Crippen molar-refractivity contribution in [2.45, 2.75) is 6.10 Å². The summed E-state index contributed by atoms with van der Waals surface area (Å²) in [5.74, 6) is -0.264. The molecular formula is C15H15N3O2S. The van der Waals surface area contributed by atoms with Gasteiger partial charge in [-0.2, -0.15) is 11.3 Å². The normalized spacial score (nSPS) is 12.4. The van der Waals surface area contributed by atoms with Crippen molar-refractivity contribution in [1.82, 2.24) is 10.3 Å². The van der Waals surface area contributed by atoms with Crippen molar-refractivity contribution in [2.75, 3.05) is 12.3 Å². The summed E-state index contributed by atoms with van der Waals surface area (Å²) in [6.07, 6.45) is -0.699. The van der Waals surface area contributed by atoms with Gasteiger partial charge in [0, 0.05) is 11.9 Å². The number of nitrogens with two attached hydrogens (primary N) is 1. The molecule has 21 heavy (non-hydrogen) atoms. The third-order valence-corrected chi connectivity index (χ3v) is 4.02. The summed E-state index contributed by atoms with van der Waals surface area (Å²) < 4.78 is 0. The number of thiophene rings is 1. The number of carbonyl (C=O) groups is 1. The van der Waals surface area contributed by atoms with E-state index in [1.54, 1.807) is 12.1 Å². The second kappa shape index (κ2) is 5.59. The number of carbonyl (C=O) groups excluding carboxylic acids is 1. The van der Waals surface area contributed by atoms with Gasteiger partial charge in [0.25, 0.3) is 5.91 Å². The van der Waals surface area contributed by atoms with Gasteiger partial charge in [-0.05, 0) is 34.5 Å². The number of aromatic amines is 1. The van der Waals surface area contributed by atoms with E-state index < -0.39 is 6.10 Å². The lowest BCUT2D eigenvalue weighted by Crippen LogP contribution is -2.28. The molecule has 108 valence electrons. The van der Waals surface area contributed by atoms with Crippen LogP contribution in [-0.2, 0) is 0 Å². The molecule has 1 unspecified atom stereocenters. The molecule has 1 amide bonds. The highest BCUT2D eigenvalue weighted by molar-refractivity contribution is 7.07. The summed E-state index contributed by atoms with van der Waals surface area (Å²) in [5, 5.41) is 17.3. The highest BCUT2D eigenvalue weighted by Gasteiger charge is 2.13. The molecule has 5 N–H and O–H groups in total. The van der Waals surface area contributed by atoms with Crippen molar-refractivity contribution in [3.05, 3.63) is 52.3 Å². The van der Waals surface area contributed by atoms with Gasteiger partial charge in [0.15, 0.2) is 0 Å². The van der Waals surface area contributed by atoms with Crippen molar-refractivity contribution in [2.24, 2.45) is 0 Å². The van der Waals surface area contributed by atoms with Gasteiger partial charge in [0.05, 0.1) is 17.3 Å². The molecule has 2 aromatic heterocycles. The maximum absolute atomic E-state index is 12.1. The Bertz CT molecular complexity index is 764. The quantitative estimate of drug-likeness (QED) is 0.557. The zero-order valence-corrected chi connectivity index (χ0v) is 12.0.